The van der Waals surface area contributed by atoms with E-state index in [2.05, 4.69) is 5.32 Å². The highest BCUT2D eigenvalue weighted by molar-refractivity contribution is 6.39. The lowest BCUT2D eigenvalue weighted by Crippen LogP contribution is -2.28. The summed E-state index contributed by atoms with van der Waals surface area (Å²) >= 11 is 12.2. The van der Waals surface area contributed by atoms with Crippen LogP contribution in [0.1, 0.15) is 17.5 Å². The number of hydrogen-bond acceptors (Lipinski definition) is 2. The van der Waals surface area contributed by atoms with E-state index < -0.39 is 5.92 Å². The maximum Gasteiger partial charge on any atom is 0.229 e. The zero-order chi connectivity index (χ0) is 18.0. The van der Waals surface area contributed by atoms with Crippen molar-refractivity contribution in [3.63, 3.8) is 0 Å². The Morgan fingerprint density at radius 2 is 1.80 bits per heavy atom. The number of nitrogens with zero attached hydrogens (tertiary/aromatic N) is 1. The molecule has 1 N–H and O–H groups in total. The lowest BCUT2D eigenvalue weighted by molar-refractivity contribution is -0.128. The van der Waals surface area contributed by atoms with Crippen LogP contribution in [0.2, 0.25) is 10.0 Å². The van der Waals surface area contributed by atoms with Gasteiger partial charge in [-0.2, -0.15) is 0 Å². The highest BCUT2D eigenvalue weighted by Gasteiger charge is 2.34. The van der Waals surface area contributed by atoms with Gasteiger partial charge in [0.15, 0.2) is 0 Å². The van der Waals surface area contributed by atoms with E-state index in [0.717, 1.165) is 5.56 Å². The molecule has 4 nitrogen and oxygen atoms in total. The number of carbonyl (C=O) groups is 2. The van der Waals surface area contributed by atoms with E-state index in [1.165, 1.54) is 5.56 Å². The topological polar surface area (TPSA) is 49.4 Å². The van der Waals surface area contributed by atoms with Gasteiger partial charge in [-0.15, -0.1) is 0 Å². The molecule has 1 heterocycles. The van der Waals surface area contributed by atoms with E-state index in [9.17, 15) is 9.59 Å². The molecule has 0 bridgehead atoms. The summed E-state index contributed by atoms with van der Waals surface area (Å²) in [6.07, 6.45) is 0.194. The standard InChI is InChI=1S/C19H18Cl2N2O2/c1-12-5-7-13(8-6-12)10-23-11-14(9-17(23)24)19(25)22-18-15(20)3-2-4-16(18)21/h2-8,14H,9-11H2,1H3,(H,22,25). The number of carbonyl (C=O) groups excluding carboxylic acids is 2. The minimum absolute atomic E-state index is 0.0222. The first kappa shape index (κ1) is 17.8. The average Bonchev–Trinajstić information content (AvgIpc) is 2.94. The summed E-state index contributed by atoms with van der Waals surface area (Å²) in [5.74, 6) is -0.675. The third-order valence-corrected chi connectivity index (χ3v) is 4.92. The van der Waals surface area contributed by atoms with Crippen molar-refractivity contribution in [3.8, 4) is 0 Å². The highest BCUT2D eigenvalue weighted by Crippen LogP contribution is 2.31. The van der Waals surface area contributed by atoms with Gasteiger partial charge in [0, 0.05) is 19.5 Å². The van der Waals surface area contributed by atoms with Crippen molar-refractivity contribution in [1.82, 2.24) is 4.90 Å². The molecule has 1 unspecified atom stereocenters. The third-order valence-electron chi connectivity index (χ3n) is 4.29. The number of nitrogens with one attached hydrogen (secondary N) is 1. The van der Waals surface area contributed by atoms with Crippen LogP contribution in [0, 0.1) is 12.8 Å². The van der Waals surface area contributed by atoms with Crippen LogP contribution in [-0.4, -0.2) is 23.3 Å². The predicted molar refractivity (Wildman–Crippen MR) is 99.8 cm³/mol. The highest BCUT2D eigenvalue weighted by atomic mass is 35.5. The van der Waals surface area contributed by atoms with Crippen LogP contribution in [0.5, 0.6) is 0 Å². The smallest absolute Gasteiger partial charge is 0.229 e. The Morgan fingerprint density at radius 1 is 1.16 bits per heavy atom. The van der Waals surface area contributed by atoms with Gasteiger partial charge in [0.2, 0.25) is 11.8 Å². The van der Waals surface area contributed by atoms with Crippen molar-refractivity contribution >= 4 is 40.7 Å². The summed E-state index contributed by atoms with van der Waals surface area (Å²) in [7, 11) is 0. The first-order valence-electron chi connectivity index (χ1n) is 8.02. The van der Waals surface area contributed by atoms with Crippen molar-refractivity contribution in [2.24, 2.45) is 5.92 Å². The molecule has 0 spiro atoms. The monoisotopic (exact) mass is 376 g/mol. The molecule has 1 aliphatic heterocycles. The van der Waals surface area contributed by atoms with Crippen molar-refractivity contribution in [2.75, 3.05) is 11.9 Å². The summed E-state index contributed by atoms with van der Waals surface area (Å²) < 4.78 is 0. The van der Waals surface area contributed by atoms with Crippen LogP contribution in [0.25, 0.3) is 0 Å². The largest absolute Gasteiger partial charge is 0.338 e. The van der Waals surface area contributed by atoms with E-state index >= 15 is 0 Å². The van der Waals surface area contributed by atoms with E-state index in [0.29, 0.717) is 28.8 Å². The molecule has 6 heteroatoms. The maximum atomic E-state index is 12.5. The lowest BCUT2D eigenvalue weighted by atomic mass is 10.1. The second kappa shape index (κ2) is 7.46. The number of anilines is 1. The van der Waals surface area contributed by atoms with Gasteiger partial charge >= 0.3 is 0 Å². The summed E-state index contributed by atoms with van der Waals surface area (Å²) in [5.41, 5.74) is 2.61. The molecule has 1 saturated heterocycles. The number of amides is 2. The molecule has 3 rings (SSSR count). The third kappa shape index (κ3) is 4.14. The zero-order valence-electron chi connectivity index (χ0n) is 13.8. The number of rotatable bonds is 4. The molecular formula is C19H18Cl2N2O2. The van der Waals surface area contributed by atoms with Gasteiger partial charge in [-0.25, -0.2) is 0 Å². The van der Waals surface area contributed by atoms with Gasteiger partial charge in [-0.3, -0.25) is 9.59 Å². The van der Waals surface area contributed by atoms with E-state index in [1.807, 2.05) is 31.2 Å². The number of halogens is 2. The van der Waals surface area contributed by atoms with Crippen molar-refractivity contribution < 1.29 is 9.59 Å². The summed E-state index contributed by atoms with van der Waals surface area (Å²) in [6.45, 7) is 2.92. The van der Waals surface area contributed by atoms with Crippen molar-refractivity contribution in [1.29, 1.82) is 0 Å². The van der Waals surface area contributed by atoms with E-state index in [4.69, 9.17) is 23.2 Å². The normalized spacial score (nSPS) is 17.0. The Kier molecular flexibility index (Phi) is 5.30. The fourth-order valence-electron chi connectivity index (χ4n) is 2.86. The molecule has 2 amide bonds. The van der Waals surface area contributed by atoms with E-state index in [-0.39, 0.29) is 18.2 Å². The van der Waals surface area contributed by atoms with Crippen LogP contribution in [-0.2, 0) is 16.1 Å². The number of aryl methyl sites for hydroxylation is 1. The first-order valence-corrected chi connectivity index (χ1v) is 8.78. The molecule has 1 fully saturated rings. The molecule has 0 aliphatic carbocycles. The van der Waals surface area contributed by atoms with Gasteiger partial charge in [0.25, 0.3) is 0 Å². The molecule has 0 aromatic heterocycles. The Balaban J connectivity index is 1.65. The van der Waals surface area contributed by atoms with Crippen LogP contribution in [0.4, 0.5) is 5.69 Å². The lowest BCUT2D eigenvalue weighted by Gasteiger charge is -2.17. The predicted octanol–water partition coefficient (Wildman–Crippen LogP) is 4.29. The number of likely N-dealkylation sites (tertiary alicyclic amines) is 1. The number of hydrogen-bond donors (Lipinski definition) is 1. The molecule has 1 aliphatic rings. The number of para-hydroxylation sites is 1. The van der Waals surface area contributed by atoms with E-state index in [1.54, 1.807) is 23.1 Å². The Hall–Kier alpha value is -2.04. The summed E-state index contributed by atoms with van der Waals surface area (Å²) in [5, 5.41) is 3.50. The second-order valence-corrected chi connectivity index (χ2v) is 7.06. The molecule has 130 valence electrons. The van der Waals surface area contributed by atoms with Gasteiger partial charge < -0.3 is 10.2 Å². The van der Waals surface area contributed by atoms with Crippen molar-refractivity contribution in [2.45, 2.75) is 19.9 Å². The second-order valence-electron chi connectivity index (χ2n) is 6.25. The van der Waals surface area contributed by atoms with Crippen molar-refractivity contribution in [3.05, 3.63) is 63.6 Å². The van der Waals surface area contributed by atoms with Crippen LogP contribution < -0.4 is 5.32 Å². The number of benzene rings is 2. The minimum Gasteiger partial charge on any atom is -0.338 e. The molecule has 0 radical (unpaired) electrons. The fraction of sp³-hybridized carbons (Fsp3) is 0.263. The Bertz CT molecular complexity index is 785. The fourth-order valence-corrected chi connectivity index (χ4v) is 3.35. The average molecular weight is 377 g/mol. The SMILES string of the molecule is Cc1ccc(CN2CC(C(=O)Nc3c(Cl)cccc3Cl)CC2=O)cc1. The van der Waals surface area contributed by atoms with Crippen LogP contribution in [0.15, 0.2) is 42.5 Å². The Morgan fingerprint density at radius 3 is 2.44 bits per heavy atom. The maximum absolute atomic E-state index is 12.5. The van der Waals surface area contributed by atoms with Gasteiger partial charge in [-0.05, 0) is 24.6 Å². The molecule has 25 heavy (non-hydrogen) atoms. The van der Waals surface area contributed by atoms with Crippen LogP contribution in [0.3, 0.4) is 0 Å². The first-order chi connectivity index (χ1) is 11.9. The summed E-state index contributed by atoms with van der Waals surface area (Å²) in [6, 6.07) is 13.1. The van der Waals surface area contributed by atoms with Gasteiger partial charge in [-0.1, -0.05) is 59.1 Å². The Labute approximate surface area is 156 Å². The molecule has 1 atom stereocenters. The molecule has 2 aromatic carbocycles. The minimum atomic E-state index is -0.412. The quantitative estimate of drug-likeness (QED) is 0.864. The van der Waals surface area contributed by atoms with Gasteiger partial charge in [0.05, 0.1) is 21.7 Å². The molecule has 0 saturated carbocycles. The molecule has 2 aromatic rings. The molecular weight excluding hydrogens is 359 g/mol. The van der Waals surface area contributed by atoms with Gasteiger partial charge in [0.1, 0.15) is 0 Å². The zero-order valence-corrected chi connectivity index (χ0v) is 15.3. The summed E-state index contributed by atoms with van der Waals surface area (Å²) in [4.78, 5) is 26.5. The van der Waals surface area contributed by atoms with Crippen LogP contribution >= 0.6 is 23.2 Å².